The Hall–Kier alpha value is -2.43. The number of ether oxygens (including phenoxy) is 1. The lowest BCUT2D eigenvalue weighted by molar-refractivity contribution is 0.300. The molecular formula is C14H10BF2NO3. The molecule has 7 heteroatoms. The summed E-state index contributed by atoms with van der Waals surface area (Å²) in [6.45, 7) is -0.229. The van der Waals surface area contributed by atoms with Crippen LogP contribution in [0, 0.1) is 23.0 Å². The first-order chi connectivity index (χ1) is 10.0. The highest BCUT2D eigenvalue weighted by molar-refractivity contribution is 6.59. The predicted octanol–water partition coefficient (Wildman–Crippen LogP) is 1.10. The van der Waals surface area contributed by atoms with Crippen molar-refractivity contribution in [1.29, 1.82) is 5.26 Å². The standard InChI is InChI=1S/C14H10BF2NO3/c16-11-2-4-14(12(6-11)15(19)20)21-8-10-5-9(7-18)1-3-13(10)17/h1-6,19-20H,8H2. The fourth-order valence-corrected chi connectivity index (χ4v) is 1.76. The van der Waals surface area contributed by atoms with Gasteiger partial charge in [0.25, 0.3) is 0 Å². The van der Waals surface area contributed by atoms with Gasteiger partial charge in [-0.15, -0.1) is 0 Å². The van der Waals surface area contributed by atoms with Crippen LogP contribution in [-0.2, 0) is 6.61 Å². The molecule has 0 spiro atoms. The maximum atomic E-state index is 13.6. The van der Waals surface area contributed by atoms with Crippen molar-refractivity contribution < 1.29 is 23.6 Å². The average molecular weight is 289 g/mol. The molecule has 4 nitrogen and oxygen atoms in total. The first kappa shape index (κ1) is 15.0. The molecule has 0 fully saturated rings. The van der Waals surface area contributed by atoms with Gasteiger partial charge in [0.15, 0.2) is 0 Å². The zero-order chi connectivity index (χ0) is 15.4. The fraction of sp³-hybridized carbons (Fsp3) is 0.0714. The van der Waals surface area contributed by atoms with Crippen LogP contribution in [0.2, 0.25) is 0 Å². The quantitative estimate of drug-likeness (QED) is 0.826. The van der Waals surface area contributed by atoms with Crippen LogP contribution in [0.3, 0.4) is 0 Å². The van der Waals surface area contributed by atoms with Crippen molar-refractivity contribution >= 4 is 12.6 Å². The predicted molar refractivity (Wildman–Crippen MR) is 71.7 cm³/mol. The number of nitriles is 1. The minimum atomic E-state index is -1.91. The Bertz CT molecular complexity index is 701. The SMILES string of the molecule is N#Cc1ccc(F)c(COc2ccc(F)cc2B(O)O)c1. The van der Waals surface area contributed by atoms with Crippen LogP contribution < -0.4 is 10.2 Å². The number of nitrogens with zero attached hydrogens (tertiary/aromatic N) is 1. The second-order valence-electron chi connectivity index (χ2n) is 4.26. The highest BCUT2D eigenvalue weighted by atomic mass is 19.1. The molecule has 0 saturated carbocycles. The van der Waals surface area contributed by atoms with E-state index in [-0.39, 0.29) is 28.9 Å². The lowest BCUT2D eigenvalue weighted by Crippen LogP contribution is -2.31. The maximum absolute atomic E-state index is 13.6. The summed E-state index contributed by atoms with van der Waals surface area (Å²) >= 11 is 0. The molecule has 0 heterocycles. The van der Waals surface area contributed by atoms with Crippen molar-refractivity contribution in [2.24, 2.45) is 0 Å². The number of hydrogen-bond acceptors (Lipinski definition) is 4. The highest BCUT2D eigenvalue weighted by Crippen LogP contribution is 2.15. The van der Waals surface area contributed by atoms with Gasteiger partial charge >= 0.3 is 7.12 Å². The van der Waals surface area contributed by atoms with E-state index >= 15 is 0 Å². The maximum Gasteiger partial charge on any atom is 0.492 e. The molecule has 0 aliphatic heterocycles. The van der Waals surface area contributed by atoms with Crippen molar-refractivity contribution in [2.75, 3.05) is 0 Å². The van der Waals surface area contributed by atoms with E-state index in [1.807, 2.05) is 6.07 Å². The van der Waals surface area contributed by atoms with Crippen molar-refractivity contribution in [3.8, 4) is 11.8 Å². The molecule has 2 aromatic carbocycles. The normalized spacial score (nSPS) is 10.0. The third kappa shape index (κ3) is 3.57. The Morgan fingerprint density at radius 1 is 1.14 bits per heavy atom. The monoisotopic (exact) mass is 289 g/mol. The lowest BCUT2D eigenvalue weighted by atomic mass is 9.79. The van der Waals surface area contributed by atoms with Gasteiger partial charge < -0.3 is 14.8 Å². The van der Waals surface area contributed by atoms with Gasteiger partial charge in [0.2, 0.25) is 0 Å². The number of benzene rings is 2. The van der Waals surface area contributed by atoms with Crippen molar-refractivity contribution in [3.05, 3.63) is 59.2 Å². The van der Waals surface area contributed by atoms with Gasteiger partial charge in [-0.3, -0.25) is 0 Å². The Labute approximate surface area is 120 Å². The molecule has 0 bridgehead atoms. The van der Waals surface area contributed by atoms with Gasteiger partial charge in [-0.2, -0.15) is 5.26 Å². The van der Waals surface area contributed by atoms with Crippen LogP contribution in [0.15, 0.2) is 36.4 Å². The van der Waals surface area contributed by atoms with Crippen LogP contribution in [0.25, 0.3) is 0 Å². The molecule has 2 aromatic rings. The van der Waals surface area contributed by atoms with Gasteiger partial charge in [-0.05, 0) is 36.4 Å². The van der Waals surface area contributed by atoms with Gasteiger partial charge in [-0.25, -0.2) is 8.78 Å². The molecule has 21 heavy (non-hydrogen) atoms. The Morgan fingerprint density at radius 2 is 1.90 bits per heavy atom. The molecule has 2 rings (SSSR count). The zero-order valence-electron chi connectivity index (χ0n) is 10.8. The van der Waals surface area contributed by atoms with Crippen molar-refractivity contribution in [1.82, 2.24) is 0 Å². The van der Waals surface area contributed by atoms with E-state index in [0.29, 0.717) is 0 Å². The zero-order valence-corrected chi connectivity index (χ0v) is 10.8. The number of rotatable bonds is 4. The van der Waals surface area contributed by atoms with E-state index in [1.54, 1.807) is 0 Å². The summed E-state index contributed by atoms with van der Waals surface area (Å²) in [7, 11) is -1.91. The number of halogens is 2. The molecule has 0 aromatic heterocycles. The molecule has 2 N–H and O–H groups in total. The van der Waals surface area contributed by atoms with Crippen molar-refractivity contribution in [2.45, 2.75) is 6.61 Å². The molecule has 0 amide bonds. The third-order valence-corrected chi connectivity index (χ3v) is 2.81. The van der Waals surface area contributed by atoms with Gasteiger partial charge in [0.1, 0.15) is 24.0 Å². The van der Waals surface area contributed by atoms with Gasteiger partial charge in [-0.1, -0.05) is 0 Å². The van der Waals surface area contributed by atoms with E-state index < -0.39 is 18.8 Å². The summed E-state index contributed by atoms with van der Waals surface area (Å²) in [6, 6.07) is 8.90. The van der Waals surface area contributed by atoms with E-state index in [9.17, 15) is 8.78 Å². The summed E-state index contributed by atoms with van der Waals surface area (Å²) in [4.78, 5) is 0. The fourth-order valence-electron chi connectivity index (χ4n) is 1.76. The topological polar surface area (TPSA) is 73.5 Å². The van der Waals surface area contributed by atoms with E-state index in [0.717, 1.165) is 18.2 Å². The van der Waals surface area contributed by atoms with E-state index in [4.69, 9.17) is 20.0 Å². The minimum Gasteiger partial charge on any atom is -0.489 e. The first-order valence-corrected chi connectivity index (χ1v) is 5.98. The highest BCUT2D eigenvalue weighted by Gasteiger charge is 2.18. The third-order valence-electron chi connectivity index (χ3n) is 2.81. The van der Waals surface area contributed by atoms with Crippen LogP contribution in [0.5, 0.6) is 5.75 Å². The summed E-state index contributed by atoms with van der Waals surface area (Å²) in [5.74, 6) is -1.18. The van der Waals surface area contributed by atoms with Gasteiger partial charge in [0.05, 0.1) is 11.6 Å². The second-order valence-corrected chi connectivity index (χ2v) is 4.26. The lowest BCUT2D eigenvalue weighted by Gasteiger charge is -2.12. The van der Waals surface area contributed by atoms with Gasteiger partial charge in [0, 0.05) is 11.0 Å². The van der Waals surface area contributed by atoms with Crippen LogP contribution in [-0.4, -0.2) is 17.2 Å². The summed E-state index contributed by atoms with van der Waals surface area (Å²) in [6.07, 6.45) is 0. The average Bonchev–Trinajstić information content (AvgIpc) is 2.47. The molecule has 0 aliphatic carbocycles. The molecule has 0 radical (unpaired) electrons. The molecule has 0 atom stereocenters. The molecule has 0 unspecified atom stereocenters. The van der Waals surface area contributed by atoms with E-state index in [1.165, 1.54) is 18.2 Å². The molecule has 0 aliphatic rings. The summed E-state index contributed by atoms with van der Waals surface area (Å²) in [5.41, 5.74) is 0.250. The van der Waals surface area contributed by atoms with Crippen LogP contribution in [0.4, 0.5) is 8.78 Å². The molecule has 0 saturated heterocycles. The smallest absolute Gasteiger partial charge is 0.489 e. The second kappa shape index (κ2) is 6.35. The minimum absolute atomic E-state index is 0.0214. The molecular weight excluding hydrogens is 279 g/mol. The van der Waals surface area contributed by atoms with E-state index in [2.05, 4.69) is 0 Å². The largest absolute Gasteiger partial charge is 0.492 e. The summed E-state index contributed by atoms with van der Waals surface area (Å²) < 4.78 is 31.9. The first-order valence-electron chi connectivity index (χ1n) is 5.98. The van der Waals surface area contributed by atoms with Crippen LogP contribution in [0.1, 0.15) is 11.1 Å². The molecule has 106 valence electrons. The van der Waals surface area contributed by atoms with Crippen LogP contribution >= 0.6 is 0 Å². The summed E-state index contributed by atoms with van der Waals surface area (Å²) in [5, 5.41) is 27.1. The Morgan fingerprint density at radius 3 is 2.57 bits per heavy atom. The number of hydrogen-bond donors (Lipinski definition) is 2. The Kier molecular flexibility index (Phi) is 4.53. The Balaban J connectivity index is 2.23. The van der Waals surface area contributed by atoms with Crippen molar-refractivity contribution in [3.63, 3.8) is 0 Å².